The van der Waals surface area contributed by atoms with Gasteiger partial charge in [0.05, 0.1) is 6.54 Å². The van der Waals surface area contributed by atoms with Gasteiger partial charge in [0.15, 0.2) is 0 Å². The standard InChI is InChI=1S/C13H23N3S/c1-3-14-8-12-9-15-13(17-12)10-16-6-4-11(2)5-7-16/h9,11,14H,3-8,10H2,1-2H3. The molecule has 0 aliphatic carbocycles. The van der Waals surface area contributed by atoms with Crippen molar-refractivity contribution in [1.82, 2.24) is 15.2 Å². The molecule has 2 heterocycles. The van der Waals surface area contributed by atoms with Gasteiger partial charge in [0.1, 0.15) is 5.01 Å². The van der Waals surface area contributed by atoms with E-state index >= 15 is 0 Å². The van der Waals surface area contributed by atoms with E-state index in [9.17, 15) is 0 Å². The van der Waals surface area contributed by atoms with Crippen molar-refractivity contribution in [2.24, 2.45) is 5.92 Å². The van der Waals surface area contributed by atoms with Crippen LogP contribution >= 0.6 is 11.3 Å². The number of hydrogen-bond donors (Lipinski definition) is 1. The summed E-state index contributed by atoms with van der Waals surface area (Å²) in [4.78, 5) is 8.41. The van der Waals surface area contributed by atoms with Crippen molar-refractivity contribution in [1.29, 1.82) is 0 Å². The average molecular weight is 253 g/mol. The lowest BCUT2D eigenvalue weighted by Crippen LogP contribution is -2.32. The normalized spacial score (nSPS) is 18.7. The summed E-state index contributed by atoms with van der Waals surface area (Å²) in [6.45, 7) is 10.0. The zero-order valence-corrected chi connectivity index (χ0v) is 11.7. The van der Waals surface area contributed by atoms with Crippen LogP contribution in [0.25, 0.3) is 0 Å². The highest BCUT2D eigenvalue weighted by Crippen LogP contribution is 2.20. The maximum atomic E-state index is 4.52. The Labute approximate surface area is 108 Å². The van der Waals surface area contributed by atoms with Crippen molar-refractivity contribution in [2.75, 3.05) is 19.6 Å². The molecule has 1 aromatic heterocycles. The van der Waals surface area contributed by atoms with Gasteiger partial charge in [0, 0.05) is 17.6 Å². The fraction of sp³-hybridized carbons (Fsp3) is 0.769. The number of piperidine rings is 1. The predicted octanol–water partition coefficient (Wildman–Crippen LogP) is 2.48. The summed E-state index contributed by atoms with van der Waals surface area (Å²) in [6.07, 6.45) is 4.71. The molecule has 0 spiro atoms. The molecule has 0 radical (unpaired) electrons. The van der Waals surface area contributed by atoms with E-state index in [4.69, 9.17) is 0 Å². The van der Waals surface area contributed by atoms with Crippen molar-refractivity contribution in [2.45, 2.75) is 39.8 Å². The molecule has 0 aromatic carbocycles. The zero-order chi connectivity index (χ0) is 12.1. The molecule has 0 atom stereocenters. The molecule has 4 heteroatoms. The second-order valence-electron chi connectivity index (χ2n) is 4.96. The van der Waals surface area contributed by atoms with Crippen LogP contribution in [0.1, 0.15) is 36.6 Å². The van der Waals surface area contributed by atoms with Gasteiger partial charge in [-0.25, -0.2) is 4.98 Å². The first kappa shape index (κ1) is 13.0. The van der Waals surface area contributed by atoms with Gasteiger partial charge in [-0.3, -0.25) is 4.90 Å². The summed E-state index contributed by atoms with van der Waals surface area (Å²) in [5.41, 5.74) is 0. The average Bonchev–Trinajstić information content (AvgIpc) is 2.77. The van der Waals surface area contributed by atoms with Crippen molar-refractivity contribution in [3.8, 4) is 0 Å². The smallest absolute Gasteiger partial charge is 0.107 e. The molecule has 0 saturated carbocycles. The predicted molar refractivity (Wildman–Crippen MR) is 73.2 cm³/mol. The molecule has 96 valence electrons. The lowest BCUT2D eigenvalue weighted by Gasteiger charge is -2.29. The summed E-state index contributed by atoms with van der Waals surface area (Å²) >= 11 is 1.85. The number of likely N-dealkylation sites (tertiary alicyclic amines) is 1. The third-order valence-corrected chi connectivity index (χ3v) is 4.37. The van der Waals surface area contributed by atoms with E-state index in [2.05, 4.69) is 29.0 Å². The Kier molecular flexibility index (Phi) is 4.95. The number of aromatic nitrogens is 1. The zero-order valence-electron chi connectivity index (χ0n) is 10.9. The molecule has 0 bridgehead atoms. The molecule has 17 heavy (non-hydrogen) atoms. The molecule has 2 rings (SSSR count). The van der Waals surface area contributed by atoms with Crippen LogP contribution in [0.2, 0.25) is 0 Å². The summed E-state index contributed by atoms with van der Waals surface area (Å²) in [5.74, 6) is 0.909. The van der Waals surface area contributed by atoms with Crippen LogP contribution in [0.5, 0.6) is 0 Å². The number of nitrogens with zero attached hydrogens (tertiary/aromatic N) is 2. The van der Waals surface area contributed by atoms with Crippen LogP contribution in [-0.4, -0.2) is 29.5 Å². The lowest BCUT2D eigenvalue weighted by molar-refractivity contribution is 0.185. The molecule has 3 nitrogen and oxygen atoms in total. The Bertz CT molecular complexity index is 329. The van der Waals surface area contributed by atoms with Crippen LogP contribution in [0.4, 0.5) is 0 Å². The Morgan fingerprint density at radius 1 is 1.47 bits per heavy atom. The Morgan fingerprint density at radius 3 is 2.94 bits per heavy atom. The summed E-state index contributed by atoms with van der Waals surface area (Å²) in [5, 5.41) is 4.61. The first-order valence-electron chi connectivity index (χ1n) is 6.64. The van der Waals surface area contributed by atoms with E-state index < -0.39 is 0 Å². The third-order valence-electron chi connectivity index (χ3n) is 3.39. The van der Waals surface area contributed by atoms with Crippen molar-refractivity contribution < 1.29 is 0 Å². The topological polar surface area (TPSA) is 28.2 Å². The highest BCUT2D eigenvalue weighted by Gasteiger charge is 2.16. The van der Waals surface area contributed by atoms with Gasteiger partial charge in [-0.1, -0.05) is 13.8 Å². The lowest BCUT2D eigenvalue weighted by atomic mass is 9.99. The van der Waals surface area contributed by atoms with Gasteiger partial charge < -0.3 is 5.32 Å². The SMILES string of the molecule is CCNCc1cnc(CN2CCC(C)CC2)s1. The number of hydrogen-bond acceptors (Lipinski definition) is 4. The van der Waals surface area contributed by atoms with Gasteiger partial charge in [-0.2, -0.15) is 0 Å². The second-order valence-corrected chi connectivity index (χ2v) is 6.16. The van der Waals surface area contributed by atoms with Gasteiger partial charge in [-0.05, 0) is 38.4 Å². The van der Waals surface area contributed by atoms with E-state index in [1.807, 2.05) is 17.5 Å². The molecule has 0 unspecified atom stereocenters. The molecule has 1 N–H and O–H groups in total. The van der Waals surface area contributed by atoms with Gasteiger partial charge in [-0.15, -0.1) is 11.3 Å². The van der Waals surface area contributed by atoms with Crippen LogP contribution in [0.15, 0.2) is 6.20 Å². The Morgan fingerprint density at radius 2 is 2.24 bits per heavy atom. The summed E-state index contributed by atoms with van der Waals surface area (Å²) in [7, 11) is 0. The highest BCUT2D eigenvalue weighted by atomic mass is 32.1. The van der Waals surface area contributed by atoms with E-state index in [-0.39, 0.29) is 0 Å². The van der Waals surface area contributed by atoms with Gasteiger partial charge in [0.2, 0.25) is 0 Å². The quantitative estimate of drug-likeness (QED) is 0.874. The molecular weight excluding hydrogens is 230 g/mol. The fourth-order valence-electron chi connectivity index (χ4n) is 2.16. The number of nitrogens with one attached hydrogen (secondary N) is 1. The molecule has 1 fully saturated rings. The maximum absolute atomic E-state index is 4.52. The maximum Gasteiger partial charge on any atom is 0.107 e. The molecular formula is C13H23N3S. The minimum atomic E-state index is 0.909. The van der Waals surface area contributed by atoms with E-state index in [1.165, 1.54) is 35.8 Å². The largest absolute Gasteiger partial charge is 0.312 e. The summed E-state index contributed by atoms with van der Waals surface area (Å²) in [6, 6.07) is 0. The van der Waals surface area contributed by atoms with E-state index in [0.29, 0.717) is 0 Å². The van der Waals surface area contributed by atoms with Crippen molar-refractivity contribution in [3.63, 3.8) is 0 Å². The first-order valence-corrected chi connectivity index (χ1v) is 7.46. The molecule has 1 aliphatic heterocycles. The molecule has 0 amide bonds. The first-order chi connectivity index (χ1) is 8.28. The monoisotopic (exact) mass is 253 g/mol. The highest BCUT2D eigenvalue weighted by molar-refractivity contribution is 7.11. The van der Waals surface area contributed by atoms with Crippen LogP contribution < -0.4 is 5.32 Å². The third kappa shape index (κ3) is 4.05. The van der Waals surface area contributed by atoms with Crippen molar-refractivity contribution in [3.05, 3.63) is 16.1 Å². The Hall–Kier alpha value is -0.450. The number of thiazole rings is 1. The van der Waals surface area contributed by atoms with Crippen molar-refractivity contribution >= 4 is 11.3 Å². The molecule has 1 aromatic rings. The number of rotatable bonds is 5. The summed E-state index contributed by atoms with van der Waals surface area (Å²) < 4.78 is 0. The molecule has 1 aliphatic rings. The minimum Gasteiger partial charge on any atom is -0.312 e. The Balaban J connectivity index is 1.80. The molecule has 1 saturated heterocycles. The second kappa shape index (κ2) is 6.47. The van der Waals surface area contributed by atoms with Crippen LogP contribution in [0, 0.1) is 5.92 Å². The fourth-order valence-corrected chi connectivity index (χ4v) is 3.10. The van der Waals surface area contributed by atoms with Gasteiger partial charge in [0.25, 0.3) is 0 Å². The van der Waals surface area contributed by atoms with Crippen LogP contribution in [0.3, 0.4) is 0 Å². The van der Waals surface area contributed by atoms with Crippen LogP contribution in [-0.2, 0) is 13.1 Å². The minimum absolute atomic E-state index is 0.909. The van der Waals surface area contributed by atoms with Gasteiger partial charge >= 0.3 is 0 Å². The van der Waals surface area contributed by atoms with E-state index in [0.717, 1.165) is 25.6 Å². The van der Waals surface area contributed by atoms with E-state index in [1.54, 1.807) is 0 Å².